The van der Waals surface area contributed by atoms with Crippen LogP contribution in [-0.2, 0) is 6.54 Å². The Labute approximate surface area is 137 Å². The molecule has 0 radical (unpaired) electrons. The number of rotatable bonds is 4. The molecular formula is C18H27BrN2. The Morgan fingerprint density at radius 2 is 1.95 bits per heavy atom. The molecule has 2 fully saturated rings. The molecule has 0 spiro atoms. The highest BCUT2D eigenvalue weighted by Crippen LogP contribution is 2.35. The molecule has 0 aromatic heterocycles. The number of piperidine rings is 1. The average Bonchev–Trinajstić information content (AvgIpc) is 2.44. The van der Waals surface area contributed by atoms with Gasteiger partial charge in [0.25, 0.3) is 0 Å². The van der Waals surface area contributed by atoms with E-state index in [-0.39, 0.29) is 0 Å². The number of nitrogens with zero attached hydrogens (tertiary/aromatic N) is 1. The molecule has 1 aromatic rings. The number of fused-ring (bicyclic) bond motifs is 2. The summed E-state index contributed by atoms with van der Waals surface area (Å²) >= 11 is 3.57. The van der Waals surface area contributed by atoms with Crippen LogP contribution in [0.2, 0.25) is 0 Å². The summed E-state index contributed by atoms with van der Waals surface area (Å²) in [7, 11) is 0. The van der Waals surface area contributed by atoms with Gasteiger partial charge in [-0.1, -0.05) is 34.5 Å². The topological polar surface area (TPSA) is 15.3 Å². The third-order valence-corrected chi connectivity index (χ3v) is 5.76. The molecule has 1 aliphatic carbocycles. The van der Waals surface area contributed by atoms with E-state index in [0.29, 0.717) is 12.1 Å². The fraction of sp³-hybridized carbons (Fsp3) is 0.667. The number of halogens is 1. The monoisotopic (exact) mass is 350 g/mol. The maximum Gasteiger partial charge on any atom is 0.0208 e. The Morgan fingerprint density at radius 3 is 2.57 bits per heavy atom. The minimum atomic E-state index is 0.694. The van der Waals surface area contributed by atoms with Crippen LogP contribution in [-0.4, -0.2) is 30.1 Å². The van der Waals surface area contributed by atoms with Crippen LogP contribution in [0, 0.1) is 11.8 Å². The zero-order valence-electron chi connectivity index (χ0n) is 13.2. The first-order valence-corrected chi connectivity index (χ1v) is 9.14. The van der Waals surface area contributed by atoms with Gasteiger partial charge in [-0.05, 0) is 56.2 Å². The molecule has 1 saturated heterocycles. The smallest absolute Gasteiger partial charge is 0.0208 e. The summed E-state index contributed by atoms with van der Waals surface area (Å²) in [4.78, 5) is 2.69. The molecule has 2 bridgehead atoms. The lowest BCUT2D eigenvalue weighted by molar-refractivity contribution is 0.0290. The van der Waals surface area contributed by atoms with E-state index in [4.69, 9.17) is 0 Å². The SMILES string of the molecule is CC(C)N1CC2CCCC(C1)C2NCc1cccc(Br)c1. The van der Waals surface area contributed by atoms with Gasteiger partial charge in [0.1, 0.15) is 0 Å². The average molecular weight is 351 g/mol. The molecule has 2 aliphatic rings. The molecular weight excluding hydrogens is 324 g/mol. The summed E-state index contributed by atoms with van der Waals surface area (Å²) in [6.07, 6.45) is 4.22. The Hall–Kier alpha value is -0.380. The van der Waals surface area contributed by atoms with Crippen molar-refractivity contribution < 1.29 is 0 Å². The minimum absolute atomic E-state index is 0.694. The highest BCUT2D eigenvalue weighted by atomic mass is 79.9. The fourth-order valence-electron chi connectivity index (χ4n) is 4.11. The van der Waals surface area contributed by atoms with Crippen LogP contribution in [0.3, 0.4) is 0 Å². The quantitative estimate of drug-likeness (QED) is 0.881. The van der Waals surface area contributed by atoms with Crippen molar-refractivity contribution in [2.24, 2.45) is 11.8 Å². The van der Waals surface area contributed by atoms with Gasteiger partial charge in [-0.25, -0.2) is 0 Å². The molecule has 2 atom stereocenters. The second-order valence-electron chi connectivity index (χ2n) is 7.04. The van der Waals surface area contributed by atoms with Crippen molar-refractivity contribution >= 4 is 15.9 Å². The van der Waals surface area contributed by atoms with Crippen LogP contribution in [0.15, 0.2) is 28.7 Å². The number of hydrogen-bond acceptors (Lipinski definition) is 2. The van der Waals surface area contributed by atoms with Gasteiger partial charge < -0.3 is 10.2 Å². The van der Waals surface area contributed by atoms with E-state index in [0.717, 1.165) is 18.4 Å². The van der Waals surface area contributed by atoms with Gasteiger partial charge in [0, 0.05) is 36.2 Å². The Morgan fingerprint density at radius 1 is 1.24 bits per heavy atom. The number of nitrogens with one attached hydrogen (secondary N) is 1. The maximum atomic E-state index is 3.88. The molecule has 0 amide bonds. The lowest BCUT2D eigenvalue weighted by Gasteiger charge is -2.49. The second kappa shape index (κ2) is 6.80. The van der Waals surface area contributed by atoms with Crippen LogP contribution < -0.4 is 5.32 Å². The zero-order valence-corrected chi connectivity index (χ0v) is 14.8. The van der Waals surface area contributed by atoms with Gasteiger partial charge in [-0.15, -0.1) is 0 Å². The highest BCUT2D eigenvalue weighted by Gasteiger charge is 2.39. The van der Waals surface area contributed by atoms with E-state index in [9.17, 15) is 0 Å². The van der Waals surface area contributed by atoms with E-state index in [1.54, 1.807) is 0 Å². The Kier molecular flexibility index (Phi) is 5.03. The molecule has 1 N–H and O–H groups in total. The van der Waals surface area contributed by atoms with E-state index in [1.165, 1.54) is 42.4 Å². The van der Waals surface area contributed by atoms with Crippen molar-refractivity contribution in [3.05, 3.63) is 34.3 Å². The van der Waals surface area contributed by atoms with Crippen molar-refractivity contribution in [2.75, 3.05) is 13.1 Å². The van der Waals surface area contributed by atoms with Crippen LogP contribution >= 0.6 is 15.9 Å². The van der Waals surface area contributed by atoms with E-state index >= 15 is 0 Å². The molecule has 21 heavy (non-hydrogen) atoms. The number of hydrogen-bond donors (Lipinski definition) is 1. The fourth-order valence-corrected chi connectivity index (χ4v) is 4.56. The van der Waals surface area contributed by atoms with Crippen molar-refractivity contribution in [2.45, 2.75) is 51.7 Å². The molecule has 2 unspecified atom stereocenters. The summed E-state index contributed by atoms with van der Waals surface area (Å²) < 4.78 is 1.18. The van der Waals surface area contributed by atoms with Gasteiger partial charge in [-0.3, -0.25) is 0 Å². The third-order valence-electron chi connectivity index (χ3n) is 5.26. The summed E-state index contributed by atoms with van der Waals surface area (Å²) in [6.45, 7) is 8.24. The molecule has 3 rings (SSSR count). The molecule has 2 nitrogen and oxygen atoms in total. The normalized spacial score (nSPS) is 29.8. The molecule has 1 aromatic carbocycles. The van der Waals surface area contributed by atoms with Crippen LogP contribution in [0.1, 0.15) is 38.7 Å². The largest absolute Gasteiger partial charge is 0.309 e. The van der Waals surface area contributed by atoms with Crippen LogP contribution in [0.5, 0.6) is 0 Å². The Balaban J connectivity index is 1.63. The highest BCUT2D eigenvalue weighted by molar-refractivity contribution is 9.10. The van der Waals surface area contributed by atoms with Crippen molar-refractivity contribution in [3.8, 4) is 0 Å². The van der Waals surface area contributed by atoms with Gasteiger partial charge in [0.15, 0.2) is 0 Å². The zero-order chi connectivity index (χ0) is 14.8. The third kappa shape index (κ3) is 3.69. The van der Waals surface area contributed by atoms with Gasteiger partial charge in [0.2, 0.25) is 0 Å². The first kappa shape index (κ1) is 15.5. The lowest BCUT2D eigenvalue weighted by atomic mass is 9.73. The standard InChI is InChI=1S/C18H27BrN2/c1-13(2)21-11-15-6-4-7-16(12-21)18(15)20-10-14-5-3-8-17(19)9-14/h3,5,8-9,13,15-16,18,20H,4,6-7,10-12H2,1-2H3. The molecule has 116 valence electrons. The van der Waals surface area contributed by atoms with Gasteiger partial charge >= 0.3 is 0 Å². The van der Waals surface area contributed by atoms with Crippen LogP contribution in [0.25, 0.3) is 0 Å². The van der Waals surface area contributed by atoms with Gasteiger partial charge in [0.05, 0.1) is 0 Å². The Bertz CT molecular complexity index is 460. The van der Waals surface area contributed by atoms with Crippen molar-refractivity contribution in [1.29, 1.82) is 0 Å². The van der Waals surface area contributed by atoms with E-state index in [2.05, 4.69) is 64.3 Å². The van der Waals surface area contributed by atoms with Crippen LogP contribution in [0.4, 0.5) is 0 Å². The first-order valence-electron chi connectivity index (χ1n) is 8.35. The summed E-state index contributed by atoms with van der Waals surface area (Å²) in [5.74, 6) is 1.68. The first-order chi connectivity index (χ1) is 10.1. The van der Waals surface area contributed by atoms with Crippen molar-refractivity contribution in [3.63, 3.8) is 0 Å². The van der Waals surface area contributed by atoms with E-state index < -0.39 is 0 Å². The summed E-state index contributed by atoms with van der Waals surface area (Å²) in [5, 5.41) is 3.88. The summed E-state index contributed by atoms with van der Waals surface area (Å²) in [6, 6.07) is 10.1. The number of benzene rings is 1. The minimum Gasteiger partial charge on any atom is -0.309 e. The predicted octanol–water partition coefficient (Wildman–Crippen LogP) is 4.05. The maximum absolute atomic E-state index is 3.88. The second-order valence-corrected chi connectivity index (χ2v) is 7.95. The molecule has 3 heteroatoms. The van der Waals surface area contributed by atoms with Crippen molar-refractivity contribution in [1.82, 2.24) is 10.2 Å². The number of likely N-dealkylation sites (tertiary alicyclic amines) is 1. The lowest BCUT2D eigenvalue weighted by Crippen LogP contribution is -2.58. The predicted molar refractivity (Wildman–Crippen MR) is 92.3 cm³/mol. The molecule has 1 saturated carbocycles. The summed E-state index contributed by atoms with van der Waals surface area (Å²) in [5.41, 5.74) is 1.38. The van der Waals surface area contributed by atoms with Gasteiger partial charge in [-0.2, -0.15) is 0 Å². The molecule has 1 heterocycles. The molecule has 1 aliphatic heterocycles. The van der Waals surface area contributed by atoms with E-state index in [1.807, 2.05) is 0 Å².